The molecule has 3 N–H and O–H groups in total. The zero-order chi connectivity index (χ0) is 10.3. The van der Waals surface area contributed by atoms with Crippen molar-refractivity contribution in [3.63, 3.8) is 0 Å². The Morgan fingerprint density at radius 2 is 2.36 bits per heavy atom. The molecule has 0 aliphatic carbocycles. The molecule has 0 saturated heterocycles. The molecule has 5 nitrogen and oxygen atoms in total. The normalized spacial score (nSPS) is 13.4. The largest absolute Gasteiger partial charge is 0.397 e. The van der Waals surface area contributed by atoms with Gasteiger partial charge in [-0.2, -0.15) is 5.10 Å². The Morgan fingerprint density at radius 3 is 3.00 bits per heavy atom. The fourth-order valence-electron chi connectivity index (χ4n) is 1.37. The van der Waals surface area contributed by atoms with Gasteiger partial charge in [0.1, 0.15) is 5.15 Å². The van der Waals surface area contributed by atoms with E-state index in [9.17, 15) is 5.11 Å². The summed E-state index contributed by atoms with van der Waals surface area (Å²) in [6.07, 6.45) is 2.33. The molecule has 0 bridgehead atoms. The van der Waals surface area contributed by atoms with Gasteiger partial charge in [0.05, 0.1) is 24.2 Å². The molecule has 0 spiro atoms. The van der Waals surface area contributed by atoms with Crippen LogP contribution in [-0.4, -0.2) is 19.7 Å². The Labute approximate surface area is 85.1 Å². The number of aliphatic hydroxyl groups is 1. The number of fused-ring (bicyclic) bond motifs is 1. The average Bonchev–Trinajstić information content (AvgIpc) is 2.43. The van der Waals surface area contributed by atoms with E-state index in [4.69, 9.17) is 17.3 Å². The van der Waals surface area contributed by atoms with Crippen molar-refractivity contribution in [3.05, 3.63) is 23.1 Å². The third-order valence-corrected chi connectivity index (χ3v) is 2.13. The van der Waals surface area contributed by atoms with Crippen LogP contribution in [0.1, 0.15) is 18.6 Å². The van der Waals surface area contributed by atoms with Crippen LogP contribution in [0.4, 0.5) is 5.69 Å². The van der Waals surface area contributed by atoms with Crippen LogP contribution in [0.2, 0.25) is 5.15 Å². The lowest BCUT2D eigenvalue weighted by Crippen LogP contribution is -2.04. The second kappa shape index (κ2) is 3.11. The fourth-order valence-corrected chi connectivity index (χ4v) is 1.54. The van der Waals surface area contributed by atoms with Gasteiger partial charge in [-0.25, -0.2) is 9.50 Å². The maximum absolute atomic E-state index is 9.51. The van der Waals surface area contributed by atoms with Gasteiger partial charge in [-0.3, -0.25) is 0 Å². The Hall–Kier alpha value is -1.33. The van der Waals surface area contributed by atoms with Crippen molar-refractivity contribution in [3.8, 4) is 0 Å². The number of aliphatic hydroxyl groups excluding tert-OH is 1. The van der Waals surface area contributed by atoms with Crippen molar-refractivity contribution in [2.75, 3.05) is 5.73 Å². The van der Waals surface area contributed by atoms with E-state index in [1.165, 1.54) is 10.7 Å². The van der Waals surface area contributed by atoms with Crippen LogP contribution >= 0.6 is 11.6 Å². The van der Waals surface area contributed by atoms with Gasteiger partial charge in [0.25, 0.3) is 0 Å². The highest BCUT2D eigenvalue weighted by Gasteiger charge is 2.14. The second-order valence-electron chi connectivity index (χ2n) is 3.02. The molecule has 0 radical (unpaired) electrons. The Balaban J connectivity index is 2.82. The fraction of sp³-hybridized carbons (Fsp3) is 0.250. The molecule has 1 unspecified atom stereocenters. The lowest BCUT2D eigenvalue weighted by molar-refractivity contribution is 0.201. The summed E-state index contributed by atoms with van der Waals surface area (Å²) < 4.78 is 1.49. The predicted octanol–water partition coefficient (Wildman–Crippen LogP) is 1.02. The predicted molar refractivity (Wildman–Crippen MR) is 53.0 cm³/mol. The monoisotopic (exact) mass is 212 g/mol. The molecule has 0 amide bonds. The first-order valence-electron chi connectivity index (χ1n) is 4.07. The summed E-state index contributed by atoms with van der Waals surface area (Å²) in [4.78, 5) is 4.02. The highest BCUT2D eigenvalue weighted by atomic mass is 35.5. The lowest BCUT2D eigenvalue weighted by atomic mass is 10.1. The molecule has 1 atom stereocenters. The van der Waals surface area contributed by atoms with Crippen molar-refractivity contribution < 1.29 is 5.11 Å². The van der Waals surface area contributed by atoms with E-state index in [-0.39, 0.29) is 0 Å². The van der Waals surface area contributed by atoms with E-state index in [1.54, 1.807) is 13.1 Å². The molecule has 14 heavy (non-hydrogen) atoms. The minimum Gasteiger partial charge on any atom is -0.397 e. The van der Waals surface area contributed by atoms with Crippen LogP contribution in [0.25, 0.3) is 5.65 Å². The molecule has 0 aliphatic rings. The number of nitrogen functional groups attached to an aromatic ring is 1. The third kappa shape index (κ3) is 1.30. The molecule has 2 aromatic heterocycles. The minimum absolute atomic E-state index is 0.324. The number of aromatic nitrogens is 3. The summed E-state index contributed by atoms with van der Waals surface area (Å²) in [5.41, 5.74) is 7.13. The number of hydrogen-bond acceptors (Lipinski definition) is 4. The van der Waals surface area contributed by atoms with E-state index in [0.717, 1.165) is 0 Å². The number of imidazole rings is 1. The Bertz CT molecular complexity index is 479. The molecule has 0 saturated carbocycles. The Kier molecular flexibility index (Phi) is 2.05. The lowest BCUT2D eigenvalue weighted by Gasteiger charge is -2.08. The SMILES string of the molecule is CC(O)c1c(N)cnn2cc(Cl)nc12. The van der Waals surface area contributed by atoms with Crippen molar-refractivity contribution >= 4 is 22.9 Å². The first-order valence-corrected chi connectivity index (χ1v) is 4.44. The van der Waals surface area contributed by atoms with E-state index >= 15 is 0 Å². The molecule has 0 aromatic carbocycles. The van der Waals surface area contributed by atoms with Crippen LogP contribution < -0.4 is 5.73 Å². The smallest absolute Gasteiger partial charge is 0.163 e. The summed E-state index contributed by atoms with van der Waals surface area (Å²) in [5, 5.41) is 13.8. The summed E-state index contributed by atoms with van der Waals surface area (Å²) in [7, 11) is 0. The molecule has 74 valence electrons. The molecule has 6 heteroatoms. The number of nitrogens with zero attached hydrogens (tertiary/aromatic N) is 3. The first-order chi connectivity index (χ1) is 6.59. The second-order valence-corrected chi connectivity index (χ2v) is 3.41. The summed E-state index contributed by atoms with van der Waals surface area (Å²) >= 11 is 5.72. The molecule has 0 fully saturated rings. The quantitative estimate of drug-likeness (QED) is 0.740. The molecule has 2 rings (SSSR count). The van der Waals surface area contributed by atoms with E-state index in [1.807, 2.05) is 0 Å². The summed E-state index contributed by atoms with van der Waals surface area (Å²) in [6.45, 7) is 1.62. The average molecular weight is 213 g/mol. The summed E-state index contributed by atoms with van der Waals surface area (Å²) in [5.74, 6) is 0. The standard InChI is InChI=1S/C8H9ClN4O/c1-4(14)7-5(10)2-11-13-3-6(9)12-8(7)13/h2-4,14H,10H2,1H3. The van der Waals surface area contributed by atoms with Gasteiger partial charge in [-0.1, -0.05) is 11.6 Å². The zero-order valence-electron chi connectivity index (χ0n) is 7.48. The van der Waals surface area contributed by atoms with Gasteiger partial charge in [0.2, 0.25) is 0 Å². The number of hydrogen-bond donors (Lipinski definition) is 2. The van der Waals surface area contributed by atoms with E-state index in [0.29, 0.717) is 22.1 Å². The van der Waals surface area contributed by atoms with Gasteiger partial charge < -0.3 is 10.8 Å². The maximum Gasteiger partial charge on any atom is 0.163 e. The number of nitrogens with two attached hydrogens (primary N) is 1. The van der Waals surface area contributed by atoms with Crippen LogP contribution in [0.15, 0.2) is 12.4 Å². The van der Waals surface area contributed by atoms with Crippen molar-refractivity contribution in [1.29, 1.82) is 0 Å². The van der Waals surface area contributed by atoms with E-state index < -0.39 is 6.10 Å². The number of anilines is 1. The highest BCUT2D eigenvalue weighted by molar-refractivity contribution is 6.29. The zero-order valence-corrected chi connectivity index (χ0v) is 8.23. The van der Waals surface area contributed by atoms with Gasteiger partial charge >= 0.3 is 0 Å². The Morgan fingerprint density at radius 1 is 1.64 bits per heavy atom. The number of rotatable bonds is 1. The topological polar surface area (TPSA) is 76.4 Å². The van der Waals surface area contributed by atoms with Crippen molar-refractivity contribution in [2.24, 2.45) is 0 Å². The third-order valence-electron chi connectivity index (χ3n) is 1.95. The number of halogens is 1. The van der Waals surface area contributed by atoms with Crippen molar-refractivity contribution in [2.45, 2.75) is 13.0 Å². The first kappa shape index (κ1) is 9.23. The van der Waals surface area contributed by atoms with Gasteiger partial charge in [0.15, 0.2) is 5.65 Å². The molecule has 2 aromatic rings. The van der Waals surface area contributed by atoms with Gasteiger partial charge in [0, 0.05) is 5.56 Å². The minimum atomic E-state index is -0.695. The molecule has 2 heterocycles. The molecule has 0 aliphatic heterocycles. The van der Waals surface area contributed by atoms with Gasteiger partial charge in [-0.05, 0) is 6.92 Å². The van der Waals surface area contributed by atoms with Crippen LogP contribution in [0.5, 0.6) is 0 Å². The maximum atomic E-state index is 9.51. The van der Waals surface area contributed by atoms with Crippen LogP contribution in [0.3, 0.4) is 0 Å². The molecular formula is C8H9ClN4O. The van der Waals surface area contributed by atoms with Crippen molar-refractivity contribution in [1.82, 2.24) is 14.6 Å². The molecular weight excluding hydrogens is 204 g/mol. The van der Waals surface area contributed by atoms with Gasteiger partial charge in [-0.15, -0.1) is 0 Å². The van der Waals surface area contributed by atoms with Crippen LogP contribution in [-0.2, 0) is 0 Å². The summed E-state index contributed by atoms with van der Waals surface area (Å²) in [6, 6.07) is 0. The highest BCUT2D eigenvalue weighted by Crippen LogP contribution is 2.24. The van der Waals surface area contributed by atoms with E-state index in [2.05, 4.69) is 10.1 Å². The van der Waals surface area contributed by atoms with Crippen LogP contribution in [0, 0.1) is 0 Å².